The van der Waals surface area contributed by atoms with Crippen molar-refractivity contribution in [3.05, 3.63) is 34.9 Å². The van der Waals surface area contributed by atoms with Gasteiger partial charge < -0.3 is 15.7 Å². The van der Waals surface area contributed by atoms with Crippen LogP contribution in [0.1, 0.15) is 29.0 Å². The van der Waals surface area contributed by atoms with Gasteiger partial charge in [-0.25, -0.2) is 0 Å². The van der Waals surface area contributed by atoms with E-state index in [1.807, 2.05) is 0 Å². The first-order valence-corrected chi connectivity index (χ1v) is 6.81. The molecule has 0 aliphatic carbocycles. The highest BCUT2D eigenvalue weighted by Crippen LogP contribution is 2.28. The number of hydrogen-bond donors (Lipinski definition) is 3. The summed E-state index contributed by atoms with van der Waals surface area (Å²) < 4.78 is 0. The number of hydrogen-bond acceptors (Lipinski definition) is 3. The second-order valence-electron chi connectivity index (χ2n) is 5.32. The average molecular weight is 262 g/mol. The minimum Gasteiger partial charge on any atom is -0.480 e. The van der Waals surface area contributed by atoms with E-state index in [1.165, 1.54) is 16.7 Å². The third kappa shape index (κ3) is 3.55. The second kappa shape index (κ2) is 6.17. The van der Waals surface area contributed by atoms with Gasteiger partial charge in [-0.05, 0) is 43.5 Å². The van der Waals surface area contributed by atoms with Gasteiger partial charge in [-0.1, -0.05) is 18.2 Å². The van der Waals surface area contributed by atoms with E-state index in [0.717, 1.165) is 13.0 Å². The number of nitrogens with one attached hydrogen (secondary N) is 2. The summed E-state index contributed by atoms with van der Waals surface area (Å²) >= 11 is 0. The molecule has 0 amide bonds. The van der Waals surface area contributed by atoms with Gasteiger partial charge in [-0.15, -0.1) is 0 Å². The van der Waals surface area contributed by atoms with Crippen LogP contribution in [0.3, 0.4) is 0 Å². The lowest BCUT2D eigenvalue weighted by atomic mass is 9.90. The van der Waals surface area contributed by atoms with Gasteiger partial charge >= 0.3 is 5.97 Å². The van der Waals surface area contributed by atoms with Crippen molar-refractivity contribution in [3.8, 4) is 0 Å². The zero-order chi connectivity index (χ0) is 13.8. The molecule has 4 nitrogen and oxygen atoms in total. The van der Waals surface area contributed by atoms with Crippen molar-refractivity contribution >= 4 is 5.97 Å². The minimum atomic E-state index is -0.805. The van der Waals surface area contributed by atoms with E-state index >= 15 is 0 Å². The molecule has 19 heavy (non-hydrogen) atoms. The molecule has 1 aromatic rings. The SMILES string of the molecule is Cc1ccc([C@H]2CCN[C@@H]2CNCC(=O)O)cc1C. The van der Waals surface area contributed by atoms with Crippen molar-refractivity contribution in [3.63, 3.8) is 0 Å². The van der Waals surface area contributed by atoms with E-state index in [1.54, 1.807) is 0 Å². The first-order valence-electron chi connectivity index (χ1n) is 6.81. The summed E-state index contributed by atoms with van der Waals surface area (Å²) in [6.45, 7) is 5.98. The van der Waals surface area contributed by atoms with Gasteiger partial charge in [0.1, 0.15) is 0 Å². The molecule has 2 rings (SSSR count). The van der Waals surface area contributed by atoms with Crippen molar-refractivity contribution in [2.75, 3.05) is 19.6 Å². The lowest BCUT2D eigenvalue weighted by molar-refractivity contribution is -0.135. The van der Waals surface area contributed by atoms with Crippen LogP contribution in [0.2, 0.25) is 0 Å². The summed E-state index contributed by atoms with van der Waals surface area (Å²) in [5.41, 5.74) is 3.99. The van der Waals surface area contributed by atoms with Crippen LogP contribution in [-0.4, -0.2) is 36.8 Å². The number of carbonyl (C=O) groups is 1. The maximum absolute atomic E-state index is 10.5. The number of aliphatic carboxylic acids is 1. The first-order chi connectivity index (χ1) is 9.08. The van der Waals surface area contributed by atoms with E-state index in [-0.39, 0.29) is 6.54 Å². The number of rotatable bonds is 5. The highest BCUT2D eigenvalue weighted by molar-refractivity contribution is 5.69. The van der Waals surface area contributed by atoms with Crippen LogP contribution in [0.4, 0.5) is 0 Å². The molecule has 0 unspecified atom stereocenters. The summed E-state index contributed by atoms with van der Waals surface area (Å²) in [4.78, 5) is 10.5. The summed E-state index contributed by atoms with van der Waals surface area (Å²) in [6.07, 6.45) is 1.11. The number of carboxylic acids is 1. The molecule has 0 radical (unpaired) electrons. The largest absolute Gasteiger partial charge is 0.480 e. The molecule has 1 aliphatic heterocycles. The molecule has 1 aromatic carbocycles. The topological polar surface area (TPSA) is 61.4 Å². The lowest BCUT2D eigenvalue weighted by Gasteiger charge is -2.21. The standard InChI is InChI=1S/C15H22N2O2/c1-10-3-4-12(7-11(10)2)13-5-6-17-14(13)8-16-9-15(18)19/h3-4,7,13-14,16-17H,5-6,8-9H2,1-2H3,(H,18,19)/t13-,14-/m1/s1. The van der Waals surface area contributed by atoms with Crippen molar-refractivity contribution in [1.29, 1.82) is 0 Å². The molecule has 1 heterocycles. The van der Waals surface area contributed by atoms with E-state index in [2.05, 4.69) is 42.7 Å². The van der Waals surface area contributed by atoms with E-state index in [9.17, 15) is 4.79 Å². The lowest BCUT2D eigenvalue weighted by Crippen LogP contribution is -2.39. The molecule has 0 spiro atoms. The summed E-state index contributed by atoms with van der Waals surface area (Å²) in [6, 6.07) is 6.95. The van der Waals surface area contributed by atoms with Crippen molar-refractivity contribution in [1.82, 2.24) is 10.6 Å². The highest BCUT2D eigenvalue weighted by Gasteiger charge is 2.27. The van der Waals surface area contributed by atoms with E-state index in [0.29, 0.717) is 18.5 Å². The first kappa shape index (κ1) is 14.0. The van der Waals surface area contributed by atoms with Crippen LogP contribution in [0.25, 0.3) is 0 Å². The van der Waals surface area contributed by atoms with Crippen LogP contribution in [0.15, 0.2) is 18.2 Å². The van der Waals surface area contributed by atoms with Crippen molar-refractivity contribution in [2.24, 2.45) is 0 Å². The van der Waals surface area contributed by atoms with Gasteiger partial charge in [0.05, 0.1) is 6.54 Å². The summed E-state index contributed by atoms with van der Waals surface area (Å²) in [5, 5.41) is 15.1. The predicted molar refractivity (Wildman–Crippen MR) is 75.6 cm³/mol. The molecule has 1 aliphatic rings. The fourth-order valence-electron chi connectivity index (χ4n) is 2.71. The zero-order valence-corrected chi connectivity index (χ0v) is 11.6. The van der Waals surface area contributed by atoms with E-state index in [4.69, 9.17) is 5.11 Å². The molecule has 1 saturated heterocycles. The Morgan fingerprint density at radius 2 is 2.21 bits per heavy atom. The summed E-state index contributed by atoms with van der Waals surface area (Å²) in [7, 11) is 0. The molecule has 104 valence electrons. The Balaban J connectivity index is 2.01. The fourth-order valence-corrected chi connectivity index (χ4v) is 2.71. The predicted octanol–water partition coefficient (Wildman–Crippen LogP) is 1.42. The van der Waals surface area contributed by atoms with Crippen LogP contribution in [0.5, 0.6) is 0 Å². The number of carboxylic acid groups (broad SMARTS) is 1. The minimum absolute atomic E-state index is 0.0256. The third-order valence-electron chi connectivity index (χ3n) is 3.95. The monoisotopic (exact) mass is 262 g/mol. The molecule has 0 aromatic heterocycles. The molecular formula is C15H22N2O2. The normalized spacial score (nSPS) is 22.6. The van der Waals surface area contributed by atoms with E-state index < -0.39 is 5.97 Å². The Hall–Kier alpha value is -1.39. The van der Waals surface area contributed by atoms with Crippen molar-refractivity contribution < 1.29 is 9.90 Å². The Kier molecular flexibility index (Phi) is 4.56. The van der Waals surface area contributed by atoms with Crippen LogP contribution in [-0.2, 0) is 4.79 Å². The fraction of sp³-hybridized carbons (Fsp3) is 0.533. The quantitative estimate of drug-likeness (QED) is 0.751. The van der Waals surface area contributed by atoms with Gasteiger partial charge in [0.15, 0.2) is 0 Å². The Labute approximate surface area is 114 Å². The molecule has 2 atom stereocenters. The highest BCUT2D eigenvalue weighted by atomic mass is 16.4. The van der Waals surface area contributed by atoms with Gasteiger partial charge in [0, 0.05) is 18.5 Å². The maximum atomic E-state index is 10.5. The molecule has 4 heteroatoms. The van der Waals surface area contributed by atoms with Crippen molar-refractivity contribution in [2.45, 2.75) is 32.2 Å². The number of benzene rings is 1. The molecule has 3 N–H and O–H groups in total. The van der Waals surface area contributed by atoms with Crippen LogP contribution < -0.4 is 10.6 Å². The van der Waals surface area contributed by atoms with Gasteiger partial charge in [-0.2, -0.15) is 0 Å². The van der Waals surface area contributed by atoms with Gasteiger partial charge in [0.2, 0.25) is 0 Å². The van der Waals surface area contributed by atoms with Gasteiger partial charge in [-0.3, -0.25) is 4.79 Å². The maximum Gasteiger partial charge on any atom is 0.317 e. The zero-order valence-electron chi connectivity index (χ0n) is 11.6. The average Bonchev–Trinajstić information content (AvgIpc) is 2.80. The van der Waals surface area contributed by atoms with Gasteiger partial charge in [0.25, 0.3) is 0 Å². The number of aryl methyl sites for hydroxylation is 2. The Morgan fingerprint density at radius 1 is 1.42 bits per heavy atom. The third-order valence-corrected chi connectivity index (χ3v) is 3.95. The Morgan fingerprint density at radius 3 is 2.89 bits per heavy atom. The summed E-state index contributed by atoms with van der Waals surface area (Å²) in [5.74, 6) is -0.332. The molecule has 0 bridgehead atoms. The smallest absolute Gasteiger partial charge is 0.317 e. The van der Waals surface area contributed by atoms with Crippen LogP contribution in [0, 0.1) is 13.8 Å². The molecular weight excluding hydrogens is 240 g/mol. The molecule has 0 saturated carbocycles. The van der Waals surface area contributed by atoms with Crippen LogP contribution >= 0.6 is 0 Å². The second-order valence-corrected chi connectivity index (χ2v) is 5.32. The molecule has 1 fully saturated rings. The Bertz CT molecular complexity index is 459.